The van der Waals surface area contributed by atoms with Gasteiger partial charge in [0.25, 0.3) is 0 Å². The molecule has 0 aromatic carbocycles. The van der Waals surface area contributed by atoms with Crippen molar-refractivity contribution in [1.29, 1.82) is 0 Å². The molecular weight excluding hydrogens is 527 g/mol. The molecule has 0 aromatic heterocycles. The molecule has 0 rings (SSSR count). The first-order valence-corrected chi connectivity index (χ1v) is 12.0. The summed E-state index contributed by atoms with van der Waals surface area (Å²) in [4.78, 5) is 10.3. The van der Waals surface area contributed by atoms with Gasteiger partial charge in [0.1, 0.15) is 0 Å². The van der Waals surface area contributed by atoms with Crippen molar-refractivity contribution in [3.8, 4) is 0 Å². The van der Waals surface area contributed by atoms with E-state index in [0.29, 0.717) is 0 Å². The molecule has 4 radical (unpaired) electrons. The van der Waals surface area contributed by atoms with Crippen molar-refractivity contribution in [1.82, 2.24) is 0 Å². The van der Waals surface area contributed by atoms with E-state index in [1.54, 1.807) is 0 Å². The van der Waals surface area contributed by atoms with Crippen LogP contribution in [0.3, 0.4) is 0 Å². The van der Waals surface area contributed by atoms with Crippen molar-refractivity contribution >= 4 is 33.3 Å². The summed E-state index contributed by atoms with van der Waals surface area (Å²) < 4.78 is 0. The third kappa shape index (κ3) is 28.7. The second-order valence-corrected chi connectivity index (χ2v) is 8.19. The van der Waals surface area contributed by atoms with Gasteiger partial charge >= 0.3 is 0 Å². The summed E-state index contributed by atoms with van der Waals surface area (Å²) >= 11 is 0. The van der Waals surface area contributed by atoms with Crippen molar-refractivity contribution in [3.05, 3.63) is 0 Å². The summed E-state index contributed by atoms with van der Waals surface area (Å²) in [6.07, 6.45) is 28.7. The molecule has 27 heavy (non-hydrogen) atoms. The Morgan fingerprint density at radius 2 is 0.704 bits per heavy atom. The standard InChI is InChI=1S/C24H48O2.Pb/c1-2-3-4-5-6-7-8-9-10-11-12-13-14-15-16-17-18-19-20-21-22-23-24(25)26;/h2-23H2,1H3,(H,25,26);/p-1. The molecular formula is C24H47O2Pb-. The van der Waals surface area contributed by atoms with E-state index < -0.39 is 5.97 Å². The zero-order valence-corrected chi connectivity index (χ0v) is 22.3. The van der Waals surface area contributed by atoms with Gasteiger partial charge < -0.3 is 9.90 Å². The molecule has 2 nitrogen and oxygen atoms in total. The van der Waals surface area contributed by atoms with Gasteiger partial charge in [-0.1, -0.05) is 135 Å². The Bertz CT molecular complexity index is 282. The van der Waals surface area contributed by atoms with Gasteiger partial charge in [0.05, 0.1) is 0 Å². The van der Waals surface area contributed by atoms with Crippen LogP contribution in [0.25, 0.3) is 0 Å². The van der Waals surface area contributed by atoms with Crippen LogP contribution < -0.4 is 5.11 Å². The van der Waals surface area contributed by atoms with E-state index in [1.165, 1.54) is 122 Å². The zero-order valence-electron chi connectivity index (χ0n) is 18.4. The van der Waals surface area contributed by atoms with Gasteiger partial charge in [0, 0.05) is 33.3 Å². The van der Waals surface area contributed by atoms with E-state index in [-0.39, 0.29) is 33.7 Å². The number of carboxylic acid groups (broad SMARTS) is 1. The average Bonchev–Trinajstić information content (AvgIpc) is 2.62. The van der Waals surface area contributed by atoms with Crippen LogP contribution in [0.5, 0.6) is 0 Å². The van der Waals surface area contributed by atoms with Crippen LogP contribution in [0.1, 0.15) is 148 Å². The van der Waals surface area contributed by atoms with Crippen LogP contribution in [-0.2, 0) is 4.79 Å². The molecule has 0 atom stereocenters. The molecule has 0 spiro atoms. The van der Waals surface area contributed by atoms with E-state index >= 15 is 0 Å². The molecule has 0 saturated heterocycles. The quantitative estimate of drug-likeness (QED) is 0.104. The molecule has 0 N–H and O–H groups in total. The molecule has 0 aliphatic carbocycles. The molecule has 0 heterocycles. The van der Waals surface area contributed by atoms with Crippen LogP contribution in [-0.4, -0.2) is 33.3 Å². The predicted octanol–water partition coefficient (Wildman–Crippen LogP) is 6.96. The summed E-state index contributed by atoms with van der Waals surface area (Å²) in [6, 6.07) is 0. The topological polar surface area (TPSA) is 40.1 Å². The number of hydrogen-bond acceptors (Lipinski definition) is 2. The van der Waals surface area contributed by atoms with Crippen LogP contribution in [0, 0.1) is 0 Å². The number of carbonyl (C=O) groups excluding carboxylic acids is 1. The molecule has 0 amide bonds. The van der Waals surface area contributed by atoms with Gasteiger partial charge in [-0.3, -0.25) is 0 Å². The second kappa shape index (κ2) is 26.4. The minimum absolute atomic E-state index is 0. The molecule has 0 aliphatic rings. The van der Waals surface area contributed by atoms with Gasteiger partial charge in [-0.05, 0) is 12.8 Å². The van der Waals surface area contributed by atoms with Crippen LogP contribution in [0.4, 0.5) is 0 Å². The Balaban J connectivity index is 0. The van der Waals surface area contributed by atoms with Crippen molar-refractivity contribution in [2.45, 2.75) is 148 Å². The summed E-state index contributed by atoms with van der Waals surface area (Å²) in [6.45, 7) is 2.29. The van der Waals surface area contributed by atoms with Gasteiger partial charge in [-0.15, -0.1) is 0 Å². The molecule has 0 unspecified atom stereocenters. The van der Waals surface area contributed by atoms with Crippen LogP contribution in [0.2, 0.25) is 0 Å². The first-order chi connectivity index (χ1) is 12.8. The van der Waals surface area contributed by atoms with Gasteiger partial charge in [0.15, 0.2) is 0 Å². The first-order valence-electron chi connectivity index (χ1n) is 12.0. The molecule has 0 fully saturated rings. The van der Waals surface area contributed by atoms with Crippen molar-refractivity contribution in [3.63, 3.8) is 0 Å². The minimum atomic E-state index is -0.900. The number of carbonyl (C=O) groups is 1. The fourth-order valence-electron chi connectivity index (χ4n) is 3.70. The maximum Gasteiger partial charge on any atom is 0.0414 e. The predicted molar refractivity (Wildman–Crippen MR) is 118 cm³/mol. The third-order valence-electron chi connectivity index (χ3n) is 5.48. The Morgan fingerprint density at radius 3 is 0.926 bits per heavy atom. The number of hydrogen-bond donors (Lipinski definition) is 0. The van der Waals surface area contributed by atoms with E-state index in [9.17, 15) is 9.90 Å². The van der Waals surface area contributed by atoms with Gasteiger partial charge in [0.2, 0.25) is 0 Å². The van der Waals surface area contributed by atoms with Crippen molar-refractivity contribution in [2.75, 3.05) is 0 Å². The Kier molecular flexibility index (Phi) is 28.9. The average molecular weight is 575 g/mol. The van der Waals surface area contributed by atoms with E-state index in [0.717, 1.165) is 12.8 Å². The summed E-state index contributed by atoms with van der Waals surface area (Å²) in [5.41, 5.74) is 0. The minimum Gasteiger partial charge on any atom is -0.550 e. The number of carboxylic acids is 1. The molecule has 160 valence electrons. The SMILES string of the molecule is CCCCCCCCCCCCCCCCCCCCCCCC(=O)[O-].[Pb]. The van der Waals surface area contributed by atoms with E-state index in [4.69, 9.17) is 0 Å². The maximum absolute atomic E-state index is 10.3. The summed E-state index contributed by atoms with van der Waals surface area (Å²) in [7, 11) is 0. The van der Waals surface area contributed by atoms with Crippen LogP contribution >= 0.6 is 0 Å². The molecule has 3 heteroatoms. The number of rotatable bonds is 22. The molecule has 0 bridgehead atoms. The maximum atomic E-state index is 10.3. The summed E-state index contributed by atoms with van der Waals surface area (Å²) in [5.74, 6) is -0.900. The Labute approximate surface area is 190 Å². The smallest absolute Gasteiger partial charge is 0.0414 e. The fraction of sp³-hybridized carbons (Fsp3) is 0.958. The number of unbranched alkanes of at least 4 members (excludes halogenated alkanes) is 20. The molecule has 0 aliphatic heterocycles. The molecule has 0 aromatic rings. The third-order valence-corrected chi connectivity index (χ3v) is 5.48. The second-order valence-electron chi connectivity index (χ2n) is 8.19. The first kappa shape index (κ1) is 29.6. The zero-order chi connectivity index (χ0) is 19.1. The Hall–Kier alpha value is 0.392. The van der Waals surface area contributed by atoms with E-state index in [2.05, 4.69) is 6.92 Å². The summed E-state index contributed by atoms with van der Waals surface area (Å²) in [5, 5.41) is 10.3. The van der Waals surface area contributed by atoms with Gasteiger partial charge in [-0.25, -0.2) is 0 Å². The van der Waals surface area contributed by atoms with Crippen molar-refractivity contribution < 1.29 is 9.90 Å². The molecule has 0 saturated carbocycles. The van der Waals surface area contributed by atoms with E-state index in [1.807, 2.05) is 0 Å². The Morgan fingerprint density at radius 1 is 0.481 bits per heavy atom. The van der Waals surface area contributed by atoms with Crippen molar-refractivity contribution in [2.24, 2.45) is 0 Å². The normalized spacial score (nSPS) is 10.7. The fourth-order valence-corrected chi connectivity index (χ4v) is 3.70. The monoisotopic (exact) mass is 575 g/mol. The van der Waals surface area contributed by atoms with Gasteiger partial charge in [-0.2, -0.15) is 0 Å². The largest absolute Gasteiger partial charge is 0.550 e. The number of aliphatic carboxylic acids is 1. The van der Waals surface area contributed by atoms with Crippen LogP contribution in [0.15, 0.2) is 0 Å².